The zero-order valence-corrected chi connectivity index (χ0v) is 14.7. The van der Waals surface area contributed by atoms with Gasteiger partial charge in [0.2, 0.25) is 11.8 Å². The van der Waals surface area contributed by atoms with Gasteiger partial charge < -0.3 is 10.4 Å². The average molecular weight is 376 g/mol. The van der Waals surface area contributed by atoms with Gasteiger partial charge in [-0.25, -0.2) is 4.98 Å². The van der Waals surface area contributed by atoms with Gasteiger partial charge in [-0.05, 0) is 30.5 Å². The Bertz CT molecular complexity index is 1160. The van der Waals surface area contributed by atoms with Crippen molar-refractivity contribution < 1.29 is 9.90 Å². The van der Waals surface area contributed by atoms with Crippen LogP contribution in [0.3, 0.4) is 0 Å². The number of aromatic hydroxyl groups is 1. The summed E-state index contributed by atoms with van der Waals surface area (Å²) in [7, 11) is 0. The lowest BCUT2D eigenvalue weighted by Crippen LogP contribution is -2.14. The van der Waals surface area contributed by atoms with Crippen molar-refractivity contribution in [3.8, 4) is 11.6 Å². The summed E-state index contributed by atoms with van der Waals surface area (Å²) in [5.74, 6) is 0.765. The topological polar surface area (TPSA) is 134 Å². The molecule has 140 valence electrons. The number of benzene rings is 1. The zero-order valence-electron chi connectivity index (χ0n) is 14.7. The largest absolute Gasteiger partial charge is 0.492 e. The number of aromatic nitrogens is 7. The summed E-state index contributed by atoms with van der Waals surface area (Å²) >= 11 is 0. The van der Waals surface area contributed by atoms with Gasteiger partial charge in [0.05, 0.1) is 12.1 Å². The summed E-state index contributed by atoms with van der Waals surface area (Å²) in [5, 5.41) is 27.5. The number of carbonyl (C=O) groups is 1. The quantitative estimate of drug-likeness (QED) is 0.482. The molecule has 28 heavy (non-hydrogen) atoms. The van der Waals surface area contributed by atoms with Gasteiger partial charge in [-0.1, -0.05) is 17.3 Å². The van der Waals surface area contributed by atoms with Gasteiger partial charge in [0, 0.05) is 17.7 Å². The fourth-order valence-electron chi connectivity index (χ4n) is 3.04. The Morgan fingerprint density at radius 1 is 1.25 bits per heavy atom. The van der Waals surface area contributed by atoms with Gasteiger partial charge >= 0.3 is 0 Å². The molecular formula is C18H16N8O2. The van der Waals surface area contributed by atoms with Gasteiger partial charge in [0.1, 0.15) is 6.33 Å². The molecule has 1 aliphatic carbocycles. The third-order valence-electron chi connectivity index (χ3n) is 4.65. The van der Waals surface area contributed by atoms with Crippen LogP contribution in [0.4, 0.5) is 5.82 Å². The Labute approximate surface area is 158 Å². The number of rotatable bonds is 5. The van der Waals surface area contributed by atoms with Crippen molar-refractivity contribution in [3.63, 3.8) is 0 Å². The number of hydrogen-bond acceptors (Lipinski definition) is 7. The SMILES string of the molecule is O=C(Cc1ccc(-n2nnc3c(O)ncnc32)cc1)Nc1cc(C2CC2)[nH]n1. The number of anilines is 1. The molecule has 1 aromatic carbocycles. The molecule has 1 saturated carbocycles. The van der Waals surface area contributed by atoms with Crippen LogP contribution in [0.1, 0.15) is 30.0 Å². The summed E-state index contributed by atoms with van der Waals surface area (Å²) in [6.45, 7) is 0. The van der Waals surface area contributed by atoms with Crippen LogP contribution >= 0.6 is 0 Å². The van der Waals surface area contributed by atoms with E-state index in [1.54, 1.807) is 0 Å². The Balaban J connectivity index is 1.29. The number of nitrogens with one attached hydrogen (secondary N) is 2. The van der Waals surface area contributed by atoms with E-state index in [2.05, 4.69) is 35.8 Å². The minimum Gasteiger partial charge on any atom is -0.492 e. The summed E-state index contributed by atoms with van der Waals surface area (Å²) in [6.07, 6.45) is 3.83. The van der Waals surface area contributed by atoms with Crippen LogP contribution in [-0.4, -0.2) is 46.2 Å². The summed E-state index contributed by atoms with van der Waals surface area (Å²) in [4.78, 5) is 20.1. The first-order valence-corrected chi connectivity index (χ1v) is 8.87. The predicted octanol–water partition coefficient (Wildman–Crippen LogP) is 1.70. The summed E-state index contributed by atoms with van der Waals surface area (Å²) in [6, 6.07) is 9.20. The first-order chi connectivity index (χ1) is 13.7. The molecular weight excluding hydrogens is 360 g/mol. The highest BCUT2D eigenvalue weighted by Crippen LogP contribution is 2.39. The van der Waals surface area contributed by atoms with Gasteiger partial charge in [-0.3, -0.25) is 9.89 Å². The molecule has 3 aromatic heterocycles. The van der Waals surface area contributed by atoms with Crippen molar-refractivity contribution in [2.75, 3.05) is 5.32 Å². The van der Waals surface area contributed by atoms with E-state index in [9.17, 15) is 9.90 Å². The van der Waals surface area contributed by atoms with Gasteiger partial charge in [0.25, 0.3) is 0 Å². The van der Waals surface area contributed by atoms with E-state index < -0.39 is 0 Å². The van der Waals surface area contributed by atoms with Crippen LogP contribution in [0.5, 0.6) is 5.88 Å². The molecule has 10 heteroatoms. The van der Waals surface area contributed by atoms with E-state index in [0.717, 1.165) is 11.3 Å². The molecule has 0 aliphatic heterocycles. The van der Waals surface area contributed by atoms with Crippen molar-refractivity contribution >= 4 is 22.9 Å². The minimum absolute atomic E-state index is 0.134. The number of aromatic amines is 1. The molecule has 0 atom stereocenters. The molecule has 4 aromatic rings. The van der Waals surface area contributed by atoms with E-state index >= 15 is 0 Å². The molecule has 3 heterocycles. The van der Waals surface area contributed by atoms with Crippen LogP contribution in [-0.2, 0) is 11.2 Å². The third-order valence-corrected chi connectivity index (χ3v) is 4.65. The molecule has 10 nitrogen and oxygen atoms in total. The lowest BCUT2D eigenvalue weighted by Gasteiger charge is -2.05. The molecule has 0 spiro atoms. The van der Waals surface area contributed by atoms with Gasteiger partial charge in [0.15, 0.2) is 17.0 Å². The van der Waals surface area contributed by atoms with Crippen molar-refractivity contribution in [3.05, 3.63) is 47.9 Å². The Hall–Kier alpha value is -3.82. The molecule has 0 radical (unpaired) electrons. The fourth-order valence-corrected chi connectivity index (χ4v) is 3.04. The van der Waals surface area contributed by atoms with E-state index in [0.29, 0.717) is 23.1 Å². The highest BCUT2D eigenvalue weighted by Gasteiger charge is 2.25. The van der Waals surface area contributed by atoms with Crippen LogP contribution in [0, 0.1) is 0 Å². The van der Waals surface area contributed by atoms with Crippen molar-refractivity contribution in [2.45, 2.75) is 25.2 Å². The molecule has 3 N–H and O–H groups in total. The Kier molecular flexibility index (Phi) is 3.75. The molecule has 1 fully saturated rings. The summed E-state index contributed by atoms with van der Waals surface area (Å²) < 4.78 is 1.50. The van der Waals surface area contributed by atoms with E-state index in [1.807, 2.05) is 30.3 Å². The normalized spacial score (nSPS) is 13.7. The van der Waals surface area contributed by atoms with Gasteiger partial charge in [-0.2, -0.15) is 14.8 Å². The molecule has 5 rings (SSSR count). The second kappa shape index (κ2) is 6.41. The standard InChI is InChI=1S/C18H16N8O2/c27-15(21-14-8-13(22-23-14)11-3-4-11)7-10-1-5-12(6-2-10)26-17-16(24-25-26)18(28)20-9-19-17/h1-2,5-6,8-9,11H,3-4,7H2,(H,19,20,28)(H2,21,22,23,27). The van der Waals surface area contributed by atoms with Crippen molar-refractivity contribution in [1.29, 1.82) is 0 Å². The molecule has 0 unspecified atom stereocenters. The van der Waals surface area contributed by atoms with E-state index in [4.69, 9.17) is 0 Å². The lowest BCUT2D eigenvalue weighted by molar-refractivity contribution is -0.115. The highest BCUT2D eigenvalue weighted by atomic mass is 16.3. The number of amides is 1. The Morgan fingerprint density at radius 2 is 2.07 bits per heavy atom. The average Bonchev–Trinajstić information content (AvgIpc) is 3.28. The molecule has 1 amide bonds. The first kappa shape index (κ1) is 16.4. The fraction of sp³-hybridized carbons (Fsp3) is 0.222. The number of fused-ring (bicyclic) bond motifs is 1. The molecule has 0 bridgehead atoms. The smallest absolute Gasteiger partial charge is 0.244 e. The van der Waals surface area contributed by atoms with Crippen molar-refractivity contribution in [2.24, 2.45) is 0 Å². The zero-order chi connectivity index (χ0) is 19.1. The van der Waals surface area contributed by atoms with E-state index in [-0.39, 0.29) is 23.7 Å². The maximum Gasteiger partial charge on any atom is 0.244 e. The van der Waals surface area contributed by atoms with Crippen LogP contribution < -0.4 is 5.32 Å². The highest BCUT2D eigenvalue weighted by molar-refractivity contribution is 5.91. The second-order valence-electron chi connectivity index (χ2n) is 6.74. The maximum absolute atomic E-state index is 12.3. The molecule has 1 aliphatic rings. The van der Waals surface area contributed by atoms with Crippen LogP contribution in [0.2, 0.25) is 0 Å². The van der Waals surface area contributed by atoms with Crippen LogP contribution in [0.25, 0.3) is 16.9 Å². The summed E-state index contributed by atoms with van der Waals surface area (Å²) in [5.41, 5.74) is 3.28. The van der Waals surface area contributed by atoms with Crippen molar-refractivity contribution in [1.82, 2.24) is 35.2 Å². The number of carbonyl (C=O) groups excluding carboxylic acids is 1. The minimum atomic E-state index is -0.215. The Morgan fingerprint density at radius 3 is 2.86 bits per heavy atom. The van der Waals surface area contributed by atoms with E-state index in [1.165, 1.54) is 23.9 Å². The molecule has 0 saturated heterocycles. The second-order valence-corrected chi connectivity index (χ2v) is 6.74. The number of nitrogens with zero attached hydrogens (tertiary/aromatic N) is 6. The maximum atomic E-state index is 12.3. The first-order valence-electron chi connectivity index (χ1n) is 8.87. The monoisotopic (exact) mass is 376 g/mol. The number of hydrogen-bond donors (Lipinski definition) is 3. The number of H-pyrrole nitrogens is 1. The lowest BCUT2D eigenvalue weighted by atomic mass is 10.1. The third kappa shape index (κ3) is 3.04. The predicted molar refractivity (Wildman–Crippen MR) is 99.0 cm³/mol. The van der Waals surface area contributed by atoms with Crippen LogP contribution in [0.15, 0.2) is 36.7 Å². The van der Waals surface area contributed by atoms with Gasteiger partial charge in [-0.15, -0.1) is 5.10 Å².